The minimum atomic E-state index is -0.317. The summed E-state index contributed by atoms with van der Waals surface area (Å²) in [6, 6.07) is 14.8. The predicted octanol–water partition coefficient (Wildman–Crippen LogP) is 7.48. The van der Waals surface area contributed by atoms with Gasteiger partial charge in [-0.1, -0.05) is 66.0 Å². The molecule has 1 saturated heterocycles. The highest BCUT2D eigenvalue weighted by atomic mass is 35.5. The van der Waals surface area contributed by atoms with Crippen LogP contribution in [-0.4, -0.2) is 23.9 Å². The van der Waals surface area contributed by atoms with E-state index in [1.54, 1.807) is 0 Å². The number of rotatable bonds is 7. The van der Waals surface area contributed by atoms with Gasteiger partial charge in [0.2, 0.25) is 0 Å². The standard InChI is InChI=1S/C29H37ClN2O3/c30-27-8-7-23(28-18-25(32-34)17-26(35-28)19-31-33)16-24(27)15-20-3-5-21(6-4-20)22-9-13-29(14-10-22)11-1-2-12-29/h3-8,16,22,25-26,28,31,33H,1-2,9-15,17-19H2/t25-,26-,28?/m0/s1. The molecular weight excluding hydrogens is 460 g/mol. The largest absolute Gasteiger partial charge is 0.369 e. The molecule has 0 aromatic heterocycles. The summed E-state index contributed by atoms with van der Waals surface area (Å²) in [6.45, 7) is 0.275. The van der Waals surface area contributed by atoms with Gasteiger partial charge in [0, 0.05) is 24.4 Å². The highest BCUT2D eigenvalue weighted by Gasteiger charge is 2.37. The van der Waals surface area contributed by atoms with E-state index in [0.717, 1.165) is 22.6 Å². The van der Waals surface area contributed by atoms with Crippen LogP contribution in [0.3, 0.4) is 0 Å². The molecule has 2 saturated carbocycles. The van der Waals surface area contributed by atoms with E-state index in [-0.39, 0.29) is 24.8 Å². The molecule has 0 amide bonds. The molecule has 2 N–H and O–H groups in total. The summed E-state index contributed by atoms with van der Waals surface area (Å²) in [5.74, 6) is 0.700. The Morgan fingerprint density at radius 3 is 2.40 bits per heavy atom. The van der Waals surface area contributed by atoms with E-state index in [9.17, 15) is 4.91 Å². The van der Waals surface area contributed by atoms with Crippen molar-refractivity contribution in [3.05, 3.63) is 74.6 Å². The van der Waals surface area contributed by atoms with Crippen LogP contribution in [0.1, 0.15) is 98.5 Å². The number of halogens is 1. The third kappa shape index (κ3) is 5.80. The lowest BCUT2D eigenvalue weighted by atomic mass is 9.68. The normalized spacial score (nSPS) is 26.7. The number of ether oxygens (including phenoxy) is 1. The highest BCUT2D eigenvalue weighted by molar-refractivity contribution is 6.31. The number of hydrogen-bond donors (Lipinski definition) is 2. The molecule has 2 aromatic carbocycles. The number of hydrogen-bond acceptors (Lipinski definition) is 5. The zero-order chi connectivity index (χ0) is 24.3. The Labute approximate surface area is 213 Å². The fraction of sp³-hybridized carbons (Fsp3) is 0.586. The molecule has 35 heavy (non-hydrogen) atoms. The average molecular weight is 497 g/mol. The van der Waals surface area contributed by atoms with Crippen LogP contribution in [0.25, 0.3) is 0 Å². The van der Waals surface area contributed by atoms with Crippen LogP contribution in [0.2, 0.25) is 5.02 Å². The molecule has 2 aliphatic carbocycles. The van der Waals surface area contributed by atoms with Gasteiger partial charge < -0.3 is 9.94 Å². The highest BCUT2D eigenvalue weighted by Crippen LogP contribution is 2.52. The van der Waals surface area contributed by atoms with Crippen molar-refractivity contribution < 1.29 is 9.94 Å². The molecule has 1 unspecified atom stereocenters. The summed E-state index contributed by atoms with van der Waals surface area (Å²) >= 11 is 6.58. The predicted molar refractivity (Wildman–Crippen MR) is 139 cm³/mol. The second-order valence-electron chi connectivity index (χ2n) is 11.1. The van der Waals surface area contributed by atoms with Gasteiger partial charge in [-0.2, -0.15) is 4.91 Å². The van der Waals surface area contributed by atoms with Gasteiger partial charge in [-0.3, -0.25) is 0 Å². The molecule has 2 aromatic rings. The maximum absolute atomic E-state index is 11.2. The smallest absolute Gasteiger partial charge is 0.0972 e. The molecule has 6 heteroatoms. The topological polar surface area (TPSA) is 70.9 Å². The van der Waals surface area contributed by atoms with Crippen molar-refractivity contribution in [2.45, 2.75) is 94.8 Å². The zero-order valence-electron chi connectivity index (χ0n) is 20.4. The van der Waals surface area contributed by atoms with E-state index in [0.29, 0.717) is 24.2 Å². The maximum Gasteiger partial charge on any atom is 0.0972 e. The Morgan fingerprint density at radius 2 is 1.71 bits per heavy atom. The van der Waals surface area contributed by atoms with E-state index in [1.165, 1.54) is 62.5 Å². The minimum absolute atomic E-state index is 0.238. The first kappa shape index (κ1) is 24.9. The van der Waals surface area contributed by atoms with Gasteiger partial charge in [0.15, 0.2) is 0 Å². The first-order valence-corrected chi connectivity index (χ1v) is 13.7. The van der Waals surface area contributed by atoms with Gasteiger partial charge in [-0.05, 0) is 84.6 Å². The molecule has 1 spiro atoms. The van der Waals surface area contributed by atoms with Crippen molar-refractivity contribution in [1.82, 2.24) is 5.48 Å². The fourth-order valence-electron chi connectivity index (χ4n) is 6.77. The number of hydroxylamine groups is 1. The van der Waals surface area contributed by atoms with Crippen molar-refractivity contribution in [1.29, 1.82) is 0 Å². The lowest BCUT2D eigenvalue weighted by Crippen LogP contribution is -2.36. The quantitative estimate of drug-likeness (QED) is 0.308. The van der Waals surface area contributed by atoms with Crippen LogP contribution < -0.4 is 5.48 Å². The molecule has 3 aliphatic rings. The number of benzene rings is 2. The van der Waals surface area contributed by atoms with Crippen LogP contribution in [0.4, 0.5) is 0 Å². The number of nitrogens with zero attached hydrogens (tertiary/aromatic N) is 1. The number of nitrogens with one attached hydrogen (secondary N) is 1. The summed E-state index contributed by atoms with van der Waals surface area (Å²) in [7, 11) is 0. The van der Waals surface area contributed by atoms with Crippen molar-refractivity contribution in [2.75, 3.05) is 6.54 Å². The van der Waals surface area contributed by atoms with E-state index in [1.807, 2.05) is 12.1 Å². The molecule has 5 rings (SSSR count). The Kier molecular flexibility index (Phi) is 7.88. The van der Waals surface area contributed by atoms with Crippen LogP contribution in [0.15, 0.2) is 47.6 Å². The first-order valence-electron chi connectivity index (χ1n) is 13.3. The first-order chi connectivity index (χ1) is 17.1. The van der Waals surface area contributed by atoms with E-state index >= 15 is 0 Å². The van der Waals surface area contributed by atoms with E-state index in [4.69, 9.17) is 21.5 Å². The van der Waals surface area contributed by atoms with Crippen LogP contribution in [-0.2, 0) is 11.2 Å². The molecule has 5 nitrogen and oxygen atoms in total. The molecule has 0 bridgehead atoms. The number of nitroso groups, excluding NO2 is 1. The Balaban J connectivity index is 1.24. The maximum atomic E-state index is 11.2. The zero-order valence-corrected chi connectivity index (χ0v) is 21.2. The average Bonchev–Trinajstić information content (AvgIpc) is 3.34. The molecule has 3 fully saturated rings. The van der Waals surface area contributed by atoms with Crippen molar-refractivity contribution in [3.8, 4) is 0 Å². The SMILES string of the molecule is O=N[C@@H]1CC(c2ccc(Cl)c(Cc3ccc(C4CCC5(CCCC5)CC4)cc3)c2)O[C@H](CNO)C1. The molecule has 0 radical (unpaired) electrons. The molecular formula is C29H37ClN2O3. The van der Waals surface area contributed by atoms with E-state index < -0.39 is 0 Å². The lowest BCUT2D eigenvalue weighted by molar-refractivity contribution is -0.0687. The van der Waals surface area contributed by atoms with Crippen LogP contribution in [0.5, 0.6) is 0 Å². The van der Waals surface area contributed by atoms with Gasteiger partial charge in [-0.15, -0.1) is 0 Å². The summed E-state index contributed by atoms with van der Waals surface area (Å²) in [4.78, 5) is 11.2. The van der Waals surface area contributed by atoms with Gasteiger partial charge in [0.05, 0.1) is 18.2 Å². The monoisotopic (exact) mass is 496 g/mol. The van der Waals surface area contributed by atoms with Crippen LogP contribution >= 0.6 is 11.6 Å². The third-order valence-corrected chi connectivity index (χ3v) is 9.21. The Bertz CT molecular complexity index is 995. The van der Waals surface area contributed by atoms with Gasteiger partial charge in [0.1, 0.15) is 0 Å². The summed E-state index contributed by atoms with van der Waals surface area (Å²) in [5.41, 5.74) is 7.62. The van der Waals surface area contributed by atoms with Gasteiger partial charge >= 0.3 is 0 Å². The Hall–Kier alpha value is -1.79. The molecule has 3 atom stereocenters. The second kappa shape index (κ2) is 11.1. The minimum Gasteiger partial charge on any atom is -0.369 e. The van der Waals surface area contributed by atoms with Crippen molar-refractivity contribution >= 4 is 11.6 Å². The van der Waals surface area contributed by atoms with Crippen molar-refractivity contribution in [3.63, 3.8) is 0 Å². The van der Waals surface area contributed by atoms with Crippen molar-refractivity contribution in [2.24, 2.45) is 10.6 Å². The lowest BCUT2D eigenvalue weighted by Gasteiger charge is -2.37. The fourth-order valence-corrected chi connectivity index (χ4v) is 6.96. The summed E-state index contributed by atoms with van der Waals surface area (Å²) in [6.07, 6.45) is 12.6. The van der Waals surface area contributed by atoms with Crippen LogP contribution in [0, 0.1) is 10.3 Å². The molecule has 1 aliphatic heterocycles. The second-order valence-corrected chi connectivity index (χ2v) is 11.5. The summed E-state index contributed by atoms with van der Waals surface area (Å²) < 4.78 is 6.14. The Morgan fingerprint density at radius 1 is 1.00 bits per heavy atom. The van der Waals surface area contributed by atoms with Gasteiger partial charge in [0.25, 0.3) is 0 Å². The molecule has 188 valence electrons. The van der Waals surface area contributed by atoms with E-state index in [2.05, 4.69) is 41.0 Å². The van der Waals surface area contributed by atoms with Gasteiger partial charge in [-0.25, -0.2) is 5.48 Å². The molecule has 1 heterocycles. The third-order valence-electron chi connectivity index (χ3n) is 8.84. The summed E-state index contributed by atoms with van der Waals surface area (Å²) in [5, 5.41) is 13.1.